The number of nitrogens with two attached hydrogens (primary N) is 1. The zero-order valence-corrected chi connectivity index (χ0v) is 11.8. The molecule has 1 aliphatic rings. The SMILES string of the molecule is CCc1[nH]nc2nc(N)nc(N3CCCC(C)(O)C3)c12. The van der Waals surface area contributed by atoms with Gasteiger partial charge in [0, 0.05) is 18.8 Å². The highest BCUT2D eigenvalue weighted by atomic mass is 16.3. The molecule has 0 radical (unpaired) electrons. The zero-order chi connectivity index (χ0) is 14.3. The van der Waals surface area contributed by atoms with Crippen molar-refractivity contribution >= 4 is 22.8 Å². The summed E-state index contributed by atoms with van der Waals surface area (Å²) in [7, 11) is 0. The average molecular weight is 276 g/mol. The van der Waals surface area contributed by atoms with Crippen molar-refractivity contribution in [3.63, 3.8) is 0 Å². The van der Waals surface area contributed by atoms with Gasteiger partial charge in [-0.25, -0.2) is 0 Å². The van der Waals surface area contributed by atoms with Crippen molar-refractivity contribution in [3.8, 4) is 0 Å². The van der Waals surface area contributed by atoms with Gasteiger partial charge in [-0.15, -0.1) is 0 Å². The molecule has 0 aromatic carbocycles. The van der Waals surface area contributed by atoms with Crippen molar-refractivity contribution in [1.82, 2.24) is 20.2 Å². The molecule has 20 heavy (non-hydrogen) atoms. The van der Waals surface area contributed by atoms with Crippen LogP contribution in [0.25, 0.3) is 11.0 Å². The third-order valence-corrected chi connectivity index (χ3v) is 3.81. The Morgan fingerprint density at radius 3 is 2.95 bits per heavy atom. The molecule has 0 aliphatic carbocycles. The molecule has 1 fully saturated rings. The fourth-order valence-corrected chi connectivity index (χ4v) is 2.87. The maximum Gasteiger partial charge on any atom is 0.224 e. The van der Waals surface area contributed by atoms with Gasteiger partial charge in [0.25, 0.3) is 0 Å². The highest BCUT2D eigenvalue weighted by Gasteiger charge is 2.31. The first-order valence-corrected chi connectivity index (χ1v) is 6.98. The van der Waals surface area contributed by atoms with Gasteiger partial charge in [0.2, 0.25) is 5.95 Å². The lowest BCUT2D eigenvalue weighted by atomic mass is 9.95. The van der Waals surface area contributed by atoms with Gasteiger partial charge < -0.3 is 15.7 Å². The first-order chi connectivity index (χ1) is 9.50. The Balaban J connectivity index is 2.12. The van der Waals surface area contributed by atoms with E-state index in [9.17, 15) is 5.11 Å². The number of nitrogens with one attached hydrogen (secondary N) is 1. The number of aromatic amines is 1. The number of aliphatic hydroxyl groups is 1. The van der Waals surface area contributed by atoms with E-state index >= 15 is 0 Å². The average Bonchev–Trinajstić information content (AvgIpc) is 2.79. The second-order valence-corrected chi connectivity index (χ2v) is 5.68. The molecule has 1 saturated heterocycles. The third-order valence-electron chi connectivity index (χ3n) is 3.81. The highest BCUT2D eigenvalue weighted by molar-refractivity contribution is 5.90. The number of piperidine rings is 1. The Morgan fingerprint density at radius 1 is 1.45 bits per heavy atom. The molecule has 108 valence electrons. The molecule has 0 spiro atoms. The minimum Gasteiger partial charge on any atom is -0.388 e. The molecule has 1 unspecified atom stereocenters. The highest BCUT2D eigenvalue weighted by Crippen LogP contribution is 2.31. The molecule has 0 bridgehead atoms. The summed E-state index contributed by atoms with van der Waals surface area (Å²) in [5.74, 6) is 0.991. The van der Waals surface area contributed by atoms with E-state index in [1.165, 1.54) is 0 Å². The van der Waals surface area contributed by atoms with Crippen LogP contribution in [0.15, 0.2) is 0 Å². The maximum atomic E-state index is 10.3. The molecular formula is C13H20N6O. The Morgan fingerprint density at radius 2 is 2.25 bits per heavy atom. The fourth-order valence-electron chi connectivity index (χ4n) is 2.87. The van der Waals surface area contributed by atoms with Crippen molar-refractivity contribution in [1.29, 1.82) is 0 Å². The van der Waals surface area contributed by atoms with Gasteiger partial charge in [-0.05, 0) is 26.2 Å². The number of anilines is 2. The molecular weight excluding hydrogens is 256 g/mol. The molecule has 7 nitrogen and oxygen atoms in total. The Labute approximate surface area is 117 Å². The van der Waals surface area contributed by atoms with Gasteiger partial charge in [-0.3, -0.25) is 5.10 Å². The number of aromatic nitrogens is 4. The maximum absolute atomic E-state index is 10.3. The molecule has 2 aromatic rings. The van der Waals surface area contributed by atoms with E-state index in [4.69, 9.17) is 5.73 Å². The summed E-state index contributed by atoms with van der Waals surface area (Å²) < 4.78 is 0. The lowest BCUT2D eigenvalue weighted by molar-refractivity contribution is 0.0448. The molecule has 2 aromatic heterocycles. The number of hydrogen-bond acceptors (Lipinski definition) is 6. The summed E-state index contributed by atoms with van der Waals surface area (Å²) in [6, 6.07) is 0. The molecule has 1 aliphatic heterocycles. The van der Waals surface area contributed by atoms with Gasteiger partial charge in [0.05, 0.1) is 11.0 Å². The van der Waals surface area contributed by atoms with Gasteiger partial charge >= 0.3 is 0 Å². The molecule has 0 saturated carbocycles. The quantitative estimate of drug-likeness (QED) is 0.751. The number of nitrogens with zero attached hydrogens (tertiary/aromatic N) is 4. The number of rotatable bonds is 2. The van der Waals surface area contributed by atoms with Crippen LogP contribution in [-0.2, 0) is 6.42 Å². The van der Waals surface area contributed by atoms with E-state index in [0.717, 1.165) is 42.7 Å². The lowest BCUT2D eigenvalue weighted by Gasteiger charge is -2.37. The smallest absolute Gasteiger partial charge is 0.224 e. The molecule has 0 amide bonds. The van der Waals surface area contributed by atoms with E-state index < -0.39 is 5.60 Å². The largest absolute Gasteiger partial charge is 0.388 e. The molecule has 1 atom stereocenters. The summed E-state index contributed by atoms with van der Waals surface area (Å²) >= 11 is 0. The lowest BCUT2D eigenvalue weighted by Crippen LogP contribution is -2.46. The van der Waals surface area contributed by atoms with E-state index in [1.54, 1.807) is 0 Å². The second-order valence-electron chi connectivity index (χ2n) is 5.68. The van der Waals surface area contributed by atoms with E-state index in [1.807, 2.05) is 6.92 Å². The van der Waals surface area contributed by atoms with Crippen LogP contribution in [0.3, 0.4) is 0 Å². The topological polar surface area (TPSA) is 104 Å². The van der Waals surface area contributed by atoms with Crippen LogP contribution in [0.1, 0.15) is 32.4 Å². The van der Waals surface area contributed by atoms with Crippen molar-refractivity contribution < 1.29 is 5.11 Å². The summed E-state index contributed by atoms with van der Waals surface area (Å²) in [6.45, 7) is 5.32. The number of β-amino-alcohol motifs (C(OH)–C–C–N with tert-alkyl or cyclic N) is 1. The van der Waals surface area contributed by atoms with Gasteiger partial charge in [0.15, 0.2) is 5.65 Å². The summed E-state index contributed by atoms with van der Waals surface area (Å²) in [4.78, 5) is 10.6. The Hall–Kier alpha value is -1.89. The number of nitrogen functional groups attached to an aromatic ring is 1. The van der Waals surface area contributed by atoms with Crippen molar-refractivity contribution in [2.45, 2.75) is 38.7 Å². The summed E-state index contributed by atoms with van der Waals surface area (Å²) in [5.41, 5.74) is 6.68. The van der Waals surface area contributed by atoms with Gasteiger partial charge in [-0.2, -0.15) is 15.1 Å². The normalized spacial score (nSPS) is 23.4. The Kier molecular flexibility index (Phi) is 3.01. The minimum absolute atomic E-state index is 0.215. The third kappa shape index (κ3) is 2.18. The number of fused-ring (bicyclic) bond motifs is 1. The molecule has 3 rings (SSSR count). The van der Waals surface area contributed by atoms with Crippen molar-refractivity contribution in [2.75, 3.05) is 23.7 Å². The summed E-state index contributed by atoms with van der Waals surface area (Å²) in [5, 5.41) is 18.4. The van der Waals surface area contributed by atoms with Crippen LogP contribution in [0, 0.1) is 0 Å². The minimum atomic E-state index is -0.694. The number of H-pyrrole nitrogens is 1. The van der Waals surface area contributed by atoms with Crippen LogP contribution in [0.5, 0.6) is 0 Å². The monoisotopic (exact) mass is 276 g/mol. The van der Waals surface area contributed by atoms with Gasteiger partial charge in [0.1, 0.15) is 5.82 Å². The van der Waals surface area contributed by atoms with E-state index in [2.05, 4.69) is 32.0 Å². The van der Waals surface area contributed by atoms with Crippen LogP contribution in [0.4, 0.5) is 11.8 Å². The summed E-state index contributed by atoms with van der Waals surface area (Å²) in [6.07, 6.45) is 2.55. The van der Waals surface area contributed by atoms with Gasteiger partial charge in [-0.1, -0.05) is 6.92 Å². The van der Waals surface area contributed by atoms with Crippen LogP contribution < -0.4 is 10.6 Å². The number of aryl methyl sites for hydroxylation is 1. The molecule has 7 heteroatoms. The first kappa shape index (κ1) is 13.1. The fraction of sp³-hybridized carbons (Fsp3) is 0.615. The zero-order valence-electron chi connectivity index (χ0n) is 11.8. The predicted molar refractivity (Wildman–Crippen MR) is 77.5 cm³/mol. The predicted octanol–water partition coefficient (Wildman–Crippen LogP) is 0.849. The second kappa shape index (κ2) is 4.59. The number of hydrogen-bond donors (Lipinski definition) is 3. The van der Waals surface area contributed by atoms with Crippen LogP contribution >= 0.6 is 0 Å². The van der Waals surface area contributed by atoms with E-state index in [0.29, 0.717) is 12.2 Å². The van der Waals surface area contributed by atoms with Crippen molar-refractivity contribution in [3.05, 3.63) is 5.69 Å². The Bertz CT molecular complexity index is 635. The standard InChI is InChI=1S/C13H20N6O/c1-3-8-9-10(18-17-8)15-12(14)16-11(9)19-6-4-5-13(2,20)7-19/h20H,3-7H2,1-2H3,(H3,14,15,16,17,18). The van der Waals surface area contributed by atoms with E-state index in [-0.39, 0.29) is 5.95 Å². The molecule has 4 N–H and O–H groups in total. The van der Waals surface area contributed by atoms with Crippen LogP contribution in [-0.4, -0.2) is 44.0 Å². The first-order valence-electron chi connectivity index (χ1n) is 6.98. The molecule has 3 heterocycles. The van der Waals surface area contributed by atoms with Crippen molar-refractivity contribution in [2.24, 2.45) is 0 Å². The van der Waals surface area contributed by atoms with Crippen LogP contribution in [0.2, 0.25) is 0 Å².